The van der Waals surface area contributed by atoms with Crippen molar-refractivity contribution < 1.29 is 14.8 Å². The molecule has 0 radical (unpaired) electrons. The summed E-state index contributed by atoms with van der Waals surface area (Å²) in [7, 11) is 0. The quantitative estimate of drug-likeness (QED) is 0.102. The average molecular weight is 429 g/mol. The zero-order chi connectivity index (χ0) is 22.0. The van der Waals surface area contributed by atoms with Crippen LogP contribution >= 0.6 is 0 Å². The van der Waals surface area contributed by atoms with Crippen LogP contribution in [0.1, 0.15) is 155 Å². The van der Waals surface area contributed by atoms with E-state index in [0.29, 0.717) is 18.3 Å². The second-order valence-electron chi connectivity index (χ2n) is 8.96. The first kappa shape index (κ1) is 29.2. The second kappa shape index (κ2) is 26.2. The lowest BCUT2D eigenvalue weighted by atomic mass is 10.1. The predicted molar refractivity (Wildman–Crippen MR) is 128 cm³/mol. The van der Waals surface area contributed by atoms with Crippen LogP contribution in [-0.2, 0) is 9.68 Å². The first-order valence-electron chi connectivity index (χ1n) is 13.5. The fraction of sp³-hybridized carbons (Fsp3) is 1.00. The smallest absolute Gasteiger partial charge is 0.187 e. The van der Waals surface area contributed by atoms with Gasteiger partial charge in [-0.05, 0) is 25.7 Å². The van der Waals surface area contributed by atoms with Gasteiger partial charge in [-0.1, -0.05) is 129 Å². The molecule has 0 saturated carbocycles. The van der Waals surface area contributed by atoms with Gasteiger partial charge in [-0.15, -0.1) is 0 Å². The minimum absolute atomic E-state index is 0.326. The van der Waals surface area contributed by atoms with E-state index in [1.807, 2.05) is 0 Å². The van der Waals surface area contributed by atoms with E-state index in [1.54, 1.807) is 0 Å². The number of unbranched alkanes of at least 4 members (excludes halogenated alkanes) is 20. The molecule has 0 unspecified atom stereocenters. The van der Waals surface area contributed by atoms with Crippen LogP contribution < -0.4 is 0 Å². The van der Waals surface area contributed by atoms with Gasteiger partial charge >= 0.3 is 5.09 Å². The maximum Gasteiger partial charge on any atom is 0.477 e. The van der Waals surface area contributed by atoms with Crippen molar-refractivity contribution in [2.45, 2.75) is 155 Å². The summed E-state index contributed by atoms with van der Waals surface area (Å²) in [4.78, 5) is 21.6. The zero-order valence-corrected chi connectivity index (χ0v) is 20.6. The molecular formula is C26H54NO3+. The molecule has 0 bridgehead atoms. The summed E-state index contributed by atoms with van der Waals surface area (Å²) in [5, 5.41) is 0.326. The summed E-state index contributed by atoms with van der Waals surface area (Å²) >= 11 is 0. The molecule has 0 aromatic heterocycles. The summed E-state index contributed by atoms with van der Waals surface area (Å²) in [6, 6.07) is 0. The van der Waals surface area contributed by atoms with Crippen LogP contribution in [0.5, 0.6) is 0 Å². The summed E-state index contributed by atoms with van der Waals surface area (Å²) in [5.41, 5.74) is 0. The van der Waals surface area contributed by atoms with Crippen molar-refractivity contribution in [3.05, 3.63) is 4.91 Å². The molecule has 0 spiro atoms. The lowest BCUT2D eigenvalue weighted by molar-refractivity contribution is -0.981. The van der Waals surface area contributed by atoms with Crippen LogP contribution in [0.3, 0.4) is 0 Å². The van der Waals surface area contributed by atoms with Gasteiger partial charge in [0.2, 0.25) is 0 Å². The molecule has 0 aromatic rings. The van der Waals surface area contributed by atoms with Crippen LogP contribution in [0.2, 0.25) is 0 Å². The molecule has 0 aliphatic rings. The van der Waals surface area contributed by atoms with E-state index in [0.717, 1.165) is 25.7 Å². The van der Waals surface area contributed by atoms with Crippen molar-refractivity contribution in [1.82, 2.24) is 0 Å². The summed E-state index contributed by atoms with van der Waals surface area (Å²) in [5.74, 6) is 0. The summed E-state index contributed by atoms with van der Waals surface area (Å²) in [6.07, 6.45) is 28.6. The molecule has 0 atom stereocenters. The number of nitrogens with zero attached hydrogens (tertiary/aromatic N) is 1. The Balaban J connectivity index is 3.14. The molecule has 0 aliphatic carbocycles. The fourth-order valence-corrected chi connectivity index (χ4v) is 3.85. The van der Waals surface area contributed by atoms with Crippen molar-refractivity contribution in [1.29, 1.82) is 0 Å². The Hall–Kier alpha value is -0.800. The standard InChI is InChI=1S/C26H54NO3/c1-3-5-7-9-11-13-15-17-19-21-23-25-29-27(28)30-26-24-22-20-18-16-14-12-10-8-6-4-2/h3-26H2,1-2H3/q+1. The molecule has 0 N–H and O–H groups in total. The topological polar surface area (TPSA) is 38.5 Å². The number of hydrogen-bond donors (Lipinski definition) is 0. The Labute approximate surface area is 188 Å². The van der Waals surface area contributed by atoms with E-state index < -0.39 is 0 Å². The van der Waals surface area contributed by atoms with E-state index in [-0.39, 0.29) is 0 Å². The average Bonchev–Trinajstić information content (AvgIpc) is 2.75. The molecule has 0 saturated heterocycles. The molecule has 0 aliphatic heterocycles. The highest BCUT2D eigenvalue weighted by atomic mass is 17.0. The normalized spacial score (nSPS) is 11.0. The largest absolute Gasteiger partial charge is 0.477 e. The highest BCUT2D eigenvalue weighted by Crippen LogP contribution is 2.12. The lowest BCUT2D eigenvalue weighted by Gasteiger charge is -2.02. The number of hydrogen-bond acceptors (Lipinski definition) is 3. The Morgan fingerprint density at radius 1 is 0.400 bits per heavy atom. The van der Waals surface area contributed by atoms with Crippen LogP contribution in [0.15, 0.2) is 0 Å². The molecule has 0 rings (SSSR count). The Bertz CT molecular complexity index is 306. The molecule has 0 fully saturated rings. The fourth-order valence-electron chi connectivity index (χ4n) is 3.85. The molecule has 4 nitrogen and oxygen atoms in total. The minimum Gasteiger partial charge on any atom is -0.187 e. The zero-order valence-electron chi connectivity index (χ0n) is 20.6. The van der Waals surface area contributed by atoms with E-state index in [4.69, 9.17) is 9.68 Å². The summed E-state index contributed by atoms with van der Waals surface area (Å²) < 4.78 is 0. The molecule has 0 aromatic carbocycles. The van der Waals surface area contributed by atoms with Crippen molar-refractivity contribution in [3.8, 4) is 0 Å². The maximum atomic E-state index is 11.5. The second-order valence-corrected chi connectivity index (χ2v) is 8.96. The van der Waals surface area contributed by atoms with Crippen molar-refractivity contribution >= 4 is 0 Å². The van der Waals surface area contributed by atoms with E-state index in [9.17, 15) is 4.91 Å². The number of rotatable bonds is 26. The molecule has 0 heterocycles. The minimum atomic E-state index is 0.326. The van der Waals surface area contributed by atoms with Crippen LogP contribution in [0, 0.1) is 4.91 Å². The van der Waals surface area contributed by atoms with Gasteiger partial charge in [0.1, 0.15) is 4.91 Å². The van der Waals surface area contributed by atoms with Gasteiger partial charge in [0.15, 0.2) is 13.2 Å². The highest BCUT2D eigenvalue weighted by molar-refractivity contribution is 4.48. The highest BCUT2D eigenvalue weighted by Gasteiger charge is 2.11. The van der Waals surface area contributed by atoms with Crippen LogP contribution in [-0.4, -0.2) is 18.3 Å². The van der Waals surface area contributed by atoms with Gasteiger partial charge in [-0.3, -0.25) is 0 Å². The molecule has 0 amide bonds. The summed E-state index contributed by atoms with van der Waals surface area (Å²) in [6.45, 7) is 5.47. The third-order valence-corrected chi connectivity index (χ3v) is 5.89. The van der Waals surface area contributed by atoms with Gasteiger partial charge < -0.3 is 0 Å². The molecule has 4 heteroatoms. The van der Waals surface area contributed by atoms with Crippen molar-refractivity contribution in [2.24, 2.45) is 0 Å². The molecule has 180 valence electrons. The van der Waals surface area contributed by atoms with Gasteiger partial charge in [0.05, 0.1) is 0 Å². The van der Waals surface area contributed by atoms with Gasteiger partial charge in [0.25, 0.3) is 0 Å². The third-order valence-electron chi connectivity index (χ3n) is 5.89. The molecule has 30 heavy (non-hydrogen) atoms. The van der Waals surface area contributed by atoms with E-state index >= 15 is 0 Å². The van der Waals surface area contributed by atoms with Gasteiger partial charge in [-0.2, -0.15) is 9.68 Å². The van der Waals surface area contributed by atoms with Crippen molar-refractivity contribution in [3.63, 3.8) is 0 Å². The van der Waals surface area contributed by atoms with Crippen LogP contribution in [0.25, 0.3) is 0 Å². The van der Waals surface area contributed by atoms with Gasteiger partial charge in [0, 0.05) is 0 Å². The van der Waals surface area contributed by atoms with E-state index in [2.05, 4.69) is 13.8 Å². The predicted octanol–water partition coefficient (Wildman–Crippen LogP) is 9.25. The Kier molecular flexibility index (Phi) is 25.5. The van der Waals surface area contributed by atoms with Crippen LogP contribution in [0.4, 0.5) is 0 Å². The van der Waals surface area contributed by atoms with Gasteiger partial charge in [-0.25, -0.2) is 0 Å². The monoisotopic (exact) mass is 428 g/mol. The SMILES string of the molecule is CCCCCCCCCCCCCO[N+](=O)OCCCCCCCCCCCCC. The van der Waals surface area contributed by atoms with E-state index in [1.165, 1.54) is 116 Å². The lowest BCUT2D eigenvalue weighted by Crippen LogP contribution is -2.12. The van der Waals surface area contributed by atoms with Crippen molar-refractivity contribution in [2.75, 3.05) is 13.2 Å². The molecular weight excluding hydrogens is 374 g/mol. The first-order valence-corrected chi connectivity index (χ1v) is 13.5. The Morgan fingerprint density at radius 3 is 0.900 bits per heavy atom. The Morgan fingerprint density at radius 2 is 0.633 bits per heavy atom. The third kappa shape index (κ3) is 25.2. The maximum absolute atomic E-state index is 11.5. The first-order chi connectivity index (χ1) is 14.8.